The van der Waals surface area contributed by atoms with E-state index < -0.39 is 17.3 Å². The molecule has 0 radical (unpaired) electrons. The molecule has 2 aromatic heterocycles. The summed E-state index contributed by atoms with van der Waals surface area (Å²) in [5.74, 6) is -0.101. The van der Waals surface area contributed by atoms with E-state index in [1.165, 1.54) is 35.0 Å². The van der Waals surface area contributed by atoms with Crippen LogP contribution in [0.15, 0.2) is 42.9 Å². The van der Waals surface area contributed by atoms with Gasteiger partial charge in [0, 0.05) is 23.9 Å². The van der Waals surface area contributed by atoms with Gasteiger partial charge in [0.1, 0.15) is 24.4 Å². The maximum absolute atomic E-state index is 12.4. The number of ether oxygens (including phenoxy) is 2. The highest BCUT2D eigenvalue weighted by Gasteiger charge is 2.32. The molecule has 0 fully saturated rings. The van der Waals surface area contributed by atoms with Crippen LogP contribution in [0, 0.1) is 10.1 Å². The zero-order valence-corrected chi connectivity index (χ0v) is 15.2. The van der Waals surface area contributed by atoms with E-state index in [1.54, 1.807) is 12.4 Å². The van der Waals surface area contributed by atoms with Gasteiger partial charge in [0.15, 0.2) is 0 Å². The molecule has 10 nitrogen and oxygen atoms in total. The second kappa shape index (κ2) is 7.67. The normalized spacial score (nSPS) is 17.1. The number of hydrogen-bond donors (Lipinski definition) is 2. The lowest BCUT2D eigenvalue weighted by Crippen LogP contribution is -2.43. The van der Waals surface area contributed by atoms with Gasteiger partial charge in [-0.15, -0.1) is 13.2 Å². The van der Waals surface area contributed by atoms with Crippen LogP contribution in [0.2, 0.25) is 0 Å². The van der Waals surface area contributed by atoms with Gasteiger partial charge < -0.3 is 24.6 Å². The van der Waals surface area contributed by atoms with Crippen LogP contribution in [0.5, 0.6) is 11.8 Å². The number of fused-ring (bicyclic) bond motifs is 1. The number of nitro groups is 1. The fourth-order valence-electron chi connectivity index (χ4n) is 3.15. The minimum absolute atomic E-state index is 0.156. The maximum Gasteiger partial charge on any atom is 0.573 e. The SMILES string of the molecule is O=[N+]([O-])c1cn2c(n1)OC[C@@H](NC(c1ccc(OC(F)(F)F)cc1)c1ncc[nH]1)C2. The molecular weight excluding hydrogens is 409 g/mol. The molecule has 0 aliphatic carbocycles. The van der Waals surface area contributed by atoms with Crippen LogP contribution in [0.4, 0.5) is 19.0 Å². The Kier molecular flexibility index (Phi) is 5.03. The number of rotatable bonds is 6. The van der Waals surface area contributed by atoms with Gasteiger partial charge in [-0.2, -0.15) is 0 Å². The average molecular weight is 424 g/mol. The standard InChI is InChI=1S/C17H15F3N6O4/c18-17(19,20)30-12-3-1-10(2-4-12)14(15-21-5-6-22-15)23-11-7-25-8-13(26(27)28)24-16(25)29-9-11/h1-6,8,11,14,23H,7,9H2,(H,21,22)/t11-,14?/m0/s1. The molecular formula is C17H15F3N6O4. The minimum atomic E-state index is -4.77. The van der Waals surface area contributed by atoms with E-state index in [0.717, 1.165) is 0 Å². The van der Waals surface area contributed by atoms with E-state index >= 15 is 0 Å². The van der Waals surface area contributed by atoms with Crippen LogP contribution >= 0.6 is 0 Å². The summed E-state index contributed by atoms with van der Waals surface area (Å²) in [6.45, 7) is 0.545. The molecule has 1 unspecified atom stereocenters. The molecule has 158 valence electrons. The van der Waals surface area contributed by atoms with E-state index in [-0.39, 0.29) is 30.2 Å². The van der Waals surface area contributed by atoms with E-state index in [9.17, 15) is 23.3 Å². The van der Waals surface area contributed by atoms with Gasteiger partial charge >= 0.3 is 18.2 Å². The number of nitrogens with zero attached hydrogens (tertiary/aromatic N) is 4. The molecule has 2 atom stereocenters. The lowest BCUT2D eigenvalue weighted by Gasteiger charge is -2.27. The second-order valence-electron chi connectivity index (χ2n) is 6.49. The molecule has 0 spiro atoms. The first-order valence-corrected chi connectivity index (χ1v) is 8.74. The Morgan fingerprint density at radius 2 is 2.13 bits per heavy atom. The van der Waals surface area contributed by atoms with Crippen molar-refractivity contribution >= 4 is 5.82 Å². The molecule has 0 amide bonds. The summed E-state index contributed by atoms with van der Waals surface area (Å²) in [5.41, 5.74) is 0.641. The van der Waals surface area contributed by atoms with Crippen molar-refractivity contribution in [2.75, 3.05) is 6.61 Å². The summed E-state index contributed by atoms with van der Waals surface area (Å²) in [6.07, 6.45) is -0.307. The molecule has 3 heterocycles. The van der Waals surface area contributed by atoms with Crippen LogP contribution in [-0.2, 0) is 6.54 Å². The molecule has 2 N–H and O–H groups in total. The highest BCUT2D eigenvalue weighted by molar-refractivity contribution is 5.32. The number of imidazole rings is 2. The predicted molar refractivity (Wildman–Crippen MR) is 94.9 cm³/mol. The van der Waals surface area contributed by atoms with Crippen LogP contribution < -0.4 is 14.8 Å². The molecule has 0 bridgehead atoms. The summed E-state index contributed by atoms with van der Waals surface area (Å²) in [7, 11) is 0. The summed E-state index contributed by atoms with van der Waals surface area (Å²) in [5, 5.41) is 14.2. The van der Waals surface area contributed by atoms with Gasteiger partial charge in [0.25, 0.3) is 0 Å². The van der Waals surface area contributed by atoms with Crippen LogP contribution in [0.1, 0.15) is 17.4 Å². The summed E-state index contributed by atoms with van der Waals surface area (Å²) in [4.78, 5) is 21.3. The Hall–Kier alpha value is -3.61. The Labute approximate surface area is 166 Å². The zero-order chi connectivity index (χ0) is 21.3. The summed E-state index contributed by atoms with van der Waals surface area (Å²) < 4.78 is 48.1. The van der Waals surface area contributed by atoms with Crippen molar-refractivity contribution in [2.45, 2.75) is 25.0 Å². The van der Waals surface area contributed by atoms with Crippen LogP contribution in [-0.4, -0.2) is 43.5 Å². The first-order valence-electron chi connectivity index (χ1n) is 8.74. The quantitative estimate of drug-likeness (QED) is 0.461. The number of aromatic nitrogens is 4. The molecule has 13 heteroatoms. The van der Waals surface area contributed by atoms with Gasteiger partial charge in [-0.1, -0.05) is 12.1 Å². The molecule has 3 aromatic rings. The number of aromatic amines is 1. The fraction of sp³-hybridized carbons (Fsp3) is 0.294. The number of hydrogen-bond acceptors (Lipinski definition) is 7. The lowest BCUT2D eigenvalue weighted by molar-refractivity contribution is -0.389. The Morgan fingerprint density at radius 3 is 2.77 bits per heavy atom. The fourth-order valence-corrected chi connectivity index (χ4v) is 3.15. The van der Waals surface area contributed by atoms with Gasteiger partial charge in [0.05, 0.1) is 12.1 Å². The monoisotopic (exact) mass is 424 g/mol. The zero-order valence-electron chi connectivity index (χ0n) is 15.2. The molecule has 1 aliphatic heterocycles. The third-order valence-electron chi connectivity index (χ3n) is 4.39. The van der Waals surface area contributed by atoms with E-state index in [4.69, 9.17) is 4.74 Å². The van der Waals surface area contributed by atoms with E-state index in [2.05, 4.69) is 25.0 Å². The van der Waals surface area contributed by atoms with Crippen LogP contribution in [0.3, 0.4) is 0 Å². The van der Waals surface area contributed by atoms with Crippen molar-refractivity contribution < 1.29 is 27.6 Å². The van der Waals surface area contributed by atoms with E-state index in [1.807, 2.05) is 0 Å². The third kappa shape index (κ3) is 4.35. The third-order valence-corrected chi connectivity index (χ3v) is 4.39. The molecule has 30 heavy (non-hydrogen) atoms. The van der Waals surface area contributed by atoms with Crippen molar-refractivity contribution in [3.05, 3.63) is 64.4 Å². The molecule has 1 aromatic carbocycles. The van der Waals surface area contributed by atoms with E-state index in [0.29, 0.717) is 17.9 Å². The molecule has 1 aliphatic rings. The van der Waals surface area contributed by atoms with Gasteiger partial charge in [-0.25, -0.2) is 4.98 Å². The average Bonchev–Trinajstić information content (AvgIpc) is 3.35. The van der Waals surface area contributed by atoms with Crippen molar-refractivity contribution in [1.29, 1.82) is 0 Å². The highest BCUT2D eigenvalue weighted by Crippen LogP contribution is 2.28. The van der Waals surface area contributed by atoms with Gasteiger partial charge in [-0.05, 0) is 22.6 Å². The maximum atomic E-state index is 12.4. The number of nitrogens with one attached hydrogen (secondary N) is 2. The lowest BCUT2D eigenvalue weighted by atomic mass is 10.0. The predicted octanol–water partition coefficient (Wildman–Crippen LogP) is 2.55. The molecule has 4 rings (SSSR count). The summed E-state index contributed by atoms with van der Waals surface area (Å²) >= 11 is 0. The van der Waals surface area contributed by atoms with Crippen molar-refractivity contribution in [3.63, 3.8) is 0 Å². The Balaban J connectivity index is 1.53. The van der Waals surface area contributed by atoms with Gasteiger partial charge in [-0.3, -0.25) is 9.88 Å². The second-order valence-corrected chi connectivity index (χ2v) is 6.49. The smallest absolute Gasteiger partial charge is 0.444 e. The summed E-state index contributed by atoms with van der Waals surface area (Å²) in [6, 6.07) is 4.82. The minimum Gasteiger partial charge on any atom is -0.444 e. The first-order chi connectivity index (χ1) is 14.3. The molecule has 0 saturated heterocycles. The van der Waals surface area contributed by atoms with Crippen molar-refractivity contribution in [1.82, 2.24) is 24.8 Å². The van der Waals surface area contributed by atoms with Crippen molar-refractivity contribution in [2.24, 2.45) is 0 Å². The topological polar surface area (TPSA) is 120 Å². The number of halogens is 3. The van der Waals surface area contributed by atoms with Crippen LogP contribution in [0.25, 0.3) is 0 Å². The Bertz CT molecular complexity index is 1020. The van der Waals surface area contributed by atoms with Crippen molar-refractivity contribution in [3.8, 4) is 11.8 Å². The number of benzene rings is 1. The molecule has 0 saturated carbocycles. The first kappa shape index (κ1) is 19.7. The number of H-pyrrole nitrogens is 1. The largest absolute Gasteiger partial charge is 0.573 e. The Morgan fingerprint density at radius 1 is 1.37 bits per heavy atom. The highest BCUT2D eigenvalue weighted by atomic mass is 19.4. The number of alkyl halides is 3. The van der Waals surface area contributed by atoms with Gasteiger partial charge in [0.2, 0.25) is 0 Å².